The second-order valence-corrected chi connectivity index (χ2v) is 9.04. The number of nitrogens with one attached hydrogen (secondary N) is 1. The molecule has 10 heteroatoms. The summed E-state index contributed by atoms with van der Waals surface area (Å²) in [6.07, 6.45) is 0. The SMILES string of the molecule is CN(C)C1=NC(C)(C)NC(N(C)CCN(C)C2=NC(C)(C)N=C(N(C)C)N2C)=N1. The average Bonchev–Trinajstić information content (AvgIpc) is 2.59. The summed E-state index contributed by atoms with van der Waals surface area (Å²) in [4.78, 5) is 29.1. The van der Waals surface area contributed by atoms with Crippen LogP contribution in [-0.2, 0) is 0 Å². The molecular weight excluding hydrogens is 368 g/mol. The van der Waals surface area contributed by atoms with Crippen molar-refractivity contribution >= 4 is 23.8 Å². The Hall–Kier alpha value is -2.52. The quantitative estimate of drug-likeness (QED) is 0.732. The van der Waals surface area contributed by atoms with Gasteiger partial charge in [-0.05, 0) is 27.7 Å². The zero-order valence-electron chi connectivity index (χ0n) is 19.9. The highest BCUT2D eigenvalue weighted by Crippen LogP contribution is 2.19. The molecule has 0 spiro atoms. The van der Waals surface area contributed by atoms with Gasteiger partial charge in [0.25, 0.3) is 0 Å². The van der Waals surface area contributed by atoms with Gasteiger partial charge in [0.15, 0.2) is 5.66 Å². The first kappa shape index (κ1) is 22.8. The number of rotatable bonds is 3. The summed E-state index contributed by atoms with van der Waals surface area (Å²) < 4.78 is 0. The highest BCUT2D eigenvalue weighted by atomic mass is 15.5. The summed E-state index contributed by atoms with van der Waals surface area (Å²) in [7, 11) is 14.0. The molecule has 0 aromatic heterocycles. The molecule has 29 heavy (non-hydrogen) atoms. The largest absolute Gasteiger partial charge is 0.349 e. The summed E-state index contributed by atoms with van der Waals surface area (Å²) in [5, 5.41) is 3.40. The Balaban J connectivity index is 2.10. The summed E-state index contributed by atoms with van der Waals surface area (Å²) in [5.74, 6) is 3.33. The van der Waals surface area contributed by atoms with E-state index in [2.05, 4.69) is 32.1 Å². The summed E-state index contributed by atoms with van der Waals surface area (Å²) >= 11 is 0. The maximum atomic E-state index is 4.84. The highest BCUT2D eigenvalue weighted by Gasteiger charge is 2.31. The van der Waals surface area contributed by atoms with Crippen LogP contribution in [0.2, 0.25) is 0 Å². The molecule has 0 atom stereocenters. The van der Waals surface area contributed by atoms with E-state index in [1.165, 1.54) is 0 Å². The summed E-state index contributed by atoms with van der Waals surface area (Å²) in [6, 6.07) is 0. The Kier molecular flexibility index (Phi) is 6.34. The van der Waals surface area contributed by atoms with E-state index in [1.807, 2.05) is 84.7 Å². The molecule has 2 aliphatic rings. The second kappa shape index (κ2) is 8.08. The van der Waals surface area contributed by atoms with Crippen molar-refractivity contribution in [1.82, 2.24) is 29.8 Å². The number of hydrogen-bond acceptors (Lipinski definition) is 10. The molecule has 0 aliphatic carbocycles. The number of hydrogen-bond donors (Lipinski definition) is 1. The van der Waals surface area contributed by atoms with Gasteiger partial charge in [0.1, 0.15) is 5.66 Å². The van der Waals surface area contributed by atoms with E-state index in [0.717, 1.165) is 31.0 Å². The van der Waals surface area contributed by atoms with Crippen molar-refractivity contribution in [2.45, 2.75) is 39.0 Å². The molecule has 0 fully saturated rings. The molecule has 2 heterocycles. The average molecular weight is 407 g/mol. The van der Waals surface area contributed by atoms with E-state index in [9.17, 15) is 0 Å². The van der Waals surface area contributed by atoms with Crippen molar-refractivity contribution in [3.8, 4) is 0 Å². The summed E-state index contributed by atoms with van der Waals surface area (Å²) in [5.41, 5.74) is -0.886. The molecule has 0 bridgehead atoms. The smallest absolute Gasteiger partial charge is 0.225 e. The molecule has 0 aromatic rings. The van der Waals surface area contributed by atoms with Crippen LogP contribution in [0.25, 0.3) is 0 Å². The van der Waals surface area contributed by atoms with Crippen molar-refractivity contribution in [2.75, 3.05) is 62.4 Å². The molecule has 0 aromatic carbocycles. The Morgan fingerprint density at radius 2 is 1.34 bits per heavy atom. The van der Waals surface area contributed by atoms with E-state index in [0.29, 0.717) is 5.96 Å². The lowest BCUT2D eigenvalue weighted by Gasteiger charge is -2.39. The minimum absolute atomic E-state index is 0.397. The predicted octanol–water partition coefficient (Wildman–Crippen LogP) is 0.418. The lowest BCUT2D eigenvalue weighted by molar-refractivity contribution is 0.344. The van der Waals surface area contributed by atoms with Gasteiger partial charge in [0.2, 0.25) is 23.8 Å². The number of nitrogens with zero attached hydrogens (tertiary/aromatic N) is 9. The third-order valence-corrected chi connectivity index (χ3v) is 4.62. The molecule has 10 nitrogen and oxygen atoms in total. The molecule has 2 aliphatic heterocycles. The minimum atomic E-state index is -0.488. The third-order valence-electron chi connectivity index (χ3n) is 4.62. The van der Waals surface area contributed by atoms with Crippen molar-refractivity contribution in [3.05, 3.63) is 0 Å². The fourth-order valence-corrected chi connectivity index (χ4v) is 3.08. The normalized spacial score (nSPS) is 20.0. The van der Waals surface area contributed by atoms with Crippen LogP contribution in [0.15, 0.2) is 20.0 Å². The van der Waals surface area contributed by atoms with Gasteiger partial charge >= 0.3 is 0 Å². The monoisotopic (exact) mass is 406 g/mol. The molecule has 0 unspecified atom stereocenters. The minimum Gasteiger partial charge on any atom is -0.349 e. The fraction of sp³-hybridized carbons (Fsp3) is 0.789. The molecule has 2 rings (SSSR count). The number of likely N-dealkylation sites (N-methyl/N-ethyl adjacent to an activating group) is 2. The Morgan fingerprint density at radius 3 is 1.90 bits per heavy atom. The summed E-state index contributed by atoms with van der Waals surface area (Å²) in [6.45, 7) is 9.69. The van der Waals surface area contributed by atoms with Crippen molar-refractivity contribution in [2.24, 2.45) is 20.0 Å². The van der Waals surface area contributed by atoms with Crippen LogP contribution >= 0.6 is 0 Å². The van der Waals surface area contributed by atoms with Crippen LogP contribution in [0.1, 0.15) is 27.7 Å². The topological polar surface area (TPSA) is 77.7 Å². The number of guanidine groups is 4. The van der Waals surface area contributed by atoms with E-state index in [-0.39, 0.29) is 0 Å². The van der Waals surface area contributed by atoms with Gasteiger partial charge in [-0.15, -0.1) is 0 Å². The van der Waals surface area contributed by atoms with Gasteiger partial charge < -0.3 is 24.9 Å². The van der Waals surface area contributed by atoms with E-state index in [4.69, 9.17) is 9.98 Å². The Labute approximate surface area is 175 Å². The van der Waals surface area contributed by atoms with Crippen LogP contribution in [0.5, 0.6) is 0 Å². The van der Waals surface area contributed by atoms with Gasteiger partial charge in [-0.1, -0.05) is 0 Å². The maximum Gasteiger partial charge on any atom is 0.225 e. The zero-order valence-corrected chi connectivity index (χ0v) is 19.9. The van der Waals surface area contributed by atoms with Crippen molar-refractivity contribution in [1.29, 1.82) is 0 Å². The first-order chi connectivity index (χ1) is 13.2. The molecule has 0 amide bonds. The van der Waals surface area contributed by atoms with Crippen LogP contribution < -0.4 is 5.32 Å². The lowest BCUT2D eigenvalue weighted by atomic mass is 10.2. The van der Waals surface area contributed by atoms with Crippen LogP contribution in [0, 0.1) is 0 Å². The van der Waals surface area contributed by atoms with E-state index in [1.54, 1.807) is 0 Å². The second-order valence-electron chi connectivity index (χ2n) is 9.04. The molecule has 164 valence electrons. The third kappa shape index (κ3) is 5.51. The number of aliphatic imine (C=N–C) groups is 4. The predicted molar refractivity (Wildman–Crippen MR) is 121 cm³/mol. The Morgan fingerprint density at radius 1 is 0.793 bits per heavy atom. The highest BCUT2D eigenvalue weighted by molar-refractivity contribution is 6.00. The van der Waals surface area contributed by atoms with Gasteiger partial charge in [-0.25, -0.2) is 15.0 Å². The molecule has 0 saturated carbocycles. The maximum absolute atomic E-state index is 4.84. The lowest BCUT2D eigenvalue weighted by Crippen LogP contribution is -2.56. The Bertz CT molecular complexity index is 729. The van der Waals surface area contributed by atoms with Gasteiger partial charge in [0, 0.05) is 62.4 Å². The van der Waals surface area contributed by atoms with Gasteiger partial charge in [-0.3, -0.25) is 4.90 Å². The molecular formula is C19H38N10. The van der Waals surface area contributed by atoms with Crippen molar-refractivity contribution < 1.29 is 0 Å². The van der Waals surface area contributed by atoms with Crippen molar-refractivity contribution in [3.63, 3.8) is 0 Å². The zero-order chi connectivity index (χ0) is 22.1. The van der Waals surface area contributed by atoms with Gasteiger partial charge in [-0.2, -0.15) is 4.99 Å². The molecule has 0 saturated heterocycles. The van der Waals surface area contributed by atoms with E-state index < -0.39 is 11.3 Å². The fourth-order valence-electron chi connectivity index (χ4n) is 3.08. The standard InChI is InChI=1S/C19H38N10/c1-18(2)21-14(25(5)6)20-15(22-18)27(9)12-13-28(10)17-24-19(3,4)23-16(26(7)8)29(17)11/h12-13H2,1-11H3,(H,20,21,22). The van der Waals surface area contributed by atoms with Gasteiger partial charge in [0.05, 0.1) is 0 Å². The van der Waals surface area contributed by atoms with E-state index >= 15 is 0 Å². The first-order valence-electron chi connectivity index (χ1n) is 9.89. The molecule has 1 N–H and O–H groups in total. The van der Waals surface area contributed by atoms with Crippen LogP contribution in [-0.4, -0.2) is 122 Å². The first-order valence-corrected chi connectivity index (χ1v) is 9.89. The van der Waals surface area contributed by atoms with Crippen LogP contribution in [0.4, 0.5) is 0 Å². The molecule has 0 radical (unpaired) electrons. The van der Waals surface area contributed by atoms with Crippen LogP contribution in [0.3, 0.4) is 0 Å².